The highest BCUT2D eigenvalue weighted by atomic mass is 32.2. The molecule has 1 rings (SSSR count). The molecule has 0 fully saturated rings. The van der Waals surface area contributed by atoms with Crippen LogP contribution in [0.25, 0.3) is 0 Å². The van der Waals surface area contributed by atoms with Crippen molar-refractivity contribution in [3.05, 3.63) is 6.07 Å². The van der Waals surface area contributed by atoms with E-state index in [1.807, 2.05) is 0 Å². The summed E-state index contributed by atoms with van der Waals surface area (Å²) in [5, 5.41) is 21.6. The Balaban J connectivity index is 2.76. The van der Waals surface area contributed by atoms with Gasteiger partial charge < -0.3 is 15.5 Å². The van der Waals surface area contributed by atoms with Gasteiger partial charge in [-0.05, 0) is 6.26 Å². The van der Waals surface area contributed by atoms with Crippen LogP contribution >= 0.6 is 11.8 Å². The Morgan fingerprint density at radius 3 is 2.73 bits per heavy atom. The summed E-state index contributed by atoms with van der Waals surface area (Å²) < 4.78 is 1.31. The first-order valence-corrected chi connectivity index (χ1v) is 5.68. The number of amides is 1. The van der Waals surface area contributed by atoms with Gasteiger partial charge in [0.2, 0.25) is 11.8 Å². The summed E-state index contributed by atoms with van der Waals surface area (Å²) in [6.45, 7) is 0.262. The number of hydrogen-bond acceptors (Lipinski definition) is 4. The lowest BCUT2D eigenvalue weighted by atomic mass is 10.4. The third-order valence-electron chi connectivity index (χ3n) is 2.07. The Bertz CT molecular complexity index is 362. The van der Waals surface area contributed by atoms with Crippen LogP contribution in [0.1, 0.15) is 6.42 Å². The van der Waals surface area contributed by atoms with E-state index in [-0.39, 0.29) is 30.6 Å². The van der Waals surface area contributed by atoms with Crippen molar-refractivity contribution in [1.29, 1.82) is 0 Å². The fourth-order valence-corrected chi connectivity index (χ4v) is 1.73. The molecule has 0 aromatic carbocycles. The van der Waals surface area contributed by atoms with Gasteiger partial charge in [0.15, 0.2) is 5.88 Å². The van der Waals surface area contributed by atoms with Crippen LogP contribution < -0.4 is 5.32 Å². The van der Waals surface area contributed by atoms with Crippen LogP contribution in [0.15, 0.2) is 11.0 Å². The lowest BCUT2D eigenvalue weighted by molar-refractivity contribution is -0.120. The van der Waals surface area contributed by atoms with Crippen molar-refractivity contribution in [1.82, 2.24) is 9.88 Å². The van der Waals surface area contributed by atoms with Gasteiger partial charge in [0.05, 0.1) is 4.90 Å². The Kier molecular flexibility index (Phi) is 3.90. The summed E-state index contributed by atoms with van der Waals surface area (Å²) in [6.07, 6.45) is 2.03. The highest BCUT2D eigenvalue weighted by Gasteiger charge is 2.13. The molecule has 1 aromatic rings. The molecule has 0 radical (unpaired) electrons. The molecule has 0 aliphatic rings. The van der Waals surface area contributed by atoms with Crippen molar-refractivity contribution >= 4 is 17.7 Å². The van der Waals surface area contributed by atoms with E-state index in [2.05, 4.69) is 5.32 Å². The Morgan fingerprint density at radius 1 is 1.60 bits per heavy atom. The first-order valence-electron chi connectivity index (χ1n) is 4.46. The summed E-state index contributed by atoms with van der Waals surface area (Å²) in [7, 11) is 1.55. The predicted octanol–water partition coefficient (Wildman–Crippen LogP) is 0.757. The van der Waals surface area contributed by atoms with Crippen LogP contribution in [-0.4, -0.2) is 34.0 Å². The Hall–Kier alpha value is -1.30. The number of nitrogens with zero attached hydrogens (tertiary/aromatic N) is 1. The first kappa shape index (κ1) is 11.8. The molecule has 6 heteroatoms. The van der Waals surface area contributed by atoms with E-state index in [0.717, 1.165) is 0 Å². The van der Waals surface area contributed by atoms with Gasteiger partial charge in [0.1, 0.15) is 0 Å². The van der Waals surface area contributed by atoms with Gasteiger partial charge in [-0.15, -0.1) is 11.8 Å². The molecule has 0 atom stereocenters. The molecule has 0 saturated carbocycles. The maximum atomic E-state index is 11.0. The van der Waals surface area contributed by atoms with Crippen molar-refractivity contribution < 1.29 is 15.0 Å². The number of hydrogen-bond donors (Lipinski definition) is 3. The second kappa shape index (κ2) is 4.97. The summed E-state index contributed by atoms with van der Waals surface area (Å²) in [5.74, 6) is -0.155. The van der Waals surface area contributed by atoms with E-state index in [9.17, 15) is 15.0 Å². The summed E-state index contributed by atoms with van der Waals surface area (Å²) in [4.78, 5) is 11.6. The number of aromatic hydroxyl groups is 2. The fraction of sp³-hybridized carbons (Fsp3) is 0.444. The van der Waals surface area contributed by atoms with Gasteiger partial charge in [-0.3, -0.25) is 9.36 Å². The molecular formula is C9H14N2O3S. The average Bonchev–Trinajstić information content (AvgIpc) is 2.51. The van der Waals surface area contributed by atoms with E-state index >= 15 is 0 Å². The molecule has 84 valence electrons. The van der Waals surface area contributed by atoms with Gasteiger partial charge in [0.25, 0.3) is 0 Å². The van der Waals surface area contributed by atoms with Gasteiger partial charge >= 0.3 is 0 Å². The van der Waals surface area contributed by atoms with E-state index in [1.54, 1.807) is 13.3 Å². The minimum atomic E-state index is -0.131. The molecule has 0 aliphatic heterocycles. The minimum absolute atomic E-state index is 0.00361. The van der Waals surface area contributed by atoms with E-state index in [0.29, 0.717) is 4.90 Å². The molecule has 0 spiro atoms. The summed E-state index contributed by atoms with van der Waals surface area (Å²) in [5.41, 5.74) is 0. The predicted molar refractivity (Wildman–Crippen MR) is 58.2 cm³/mol. The zero-order valence-electron chi connectivity index (χ0n) is 8.65. The minimum Gasteiger partial charge on any atom is -0.494 e. The maximum absolute atomic E-state index is 11.0. The topological polar surface area (TPSA) is 74.5 Å². The van der Waals surface area contributed by atoms with Crippen molar-refractivity contribution in [2.75, 3.05) is 13.3 Å². The van der Waals surface area contributed by atoms with Gasteiger partial charge in [0, 0.05) is 26.1 Å². The highest BCUT2D eigenvalue weighted by molar-refractivity contribution is 7.98. The normalized spacial score (nSPS) is 10.3. The monoisotopic (exact) mass is 230 g/mol. The van der Waals surface area contributed by atoms with Crippen LogP contribution in [-0.2, 0) is 11.3 Å². The second-order valence-electron chi connectivity index (χ2n) is 2.97. The molecule has 15 heavy (non-hydrogen) atoms. The molecule has 0 unspecified atom stereocenters. The van der Waals surface area contributed by atoms with Crippen LogP contribution in [0.2, 0.25) is 0 Å². The number of carbonyl (C=O) groups excluding carboxylic acids is 1. The molecule has 1 heterocycles. The van der Waals surface area contributed by atoms with Crippen molar-refractivity contribution in [3.8, 4) is 11.8 Å². The molecule has 0 bridgehead atoms. The molecular weight excluding hydrogens is 216 g/mol. The summed E-state index contributed by atoms with van der Waals surface area (Å²) in [6, 6.07) is 1.48. The highest BCUT2D eigenvalue weighted by Crippen LogP contribution is 2.33. The molecule has 0 aliphatic carbocycles. The van der Waals surface area contributed by atoms with Gasteiger partial charge in [-0.2, -0.15) is 0 Å². The van der Waals surface area contributed by atoms with Crippen LogP contribution in [0.4, 0.5) is 0 Å². The van der Waals surface area contributed by atoms with Crippen molar-refractivity contribution in [3.63, 3.8) is 0 Å². The van der Waals surface area contributed by atoms with Crippen LogP contribution in [0.3, 0.4) is 0 Å². The molecule has 3 N–H and O–H groups in total. The maximum Gasteiger partial charge on any atom is 0.221 e. The molecule has 0 saturated heterocycles. The molecule has 1 amide bonds. The third kappa shape index (κ3) is 2.59. The second-order valence-corrected chi connectivity index (χ2v) is 3.82. The number of thioether (sulfide) groups is 1. The lowest BCUT2D eigenvalue weighted by Gasteiger charge is -2.05. The zero-order valence-corrected chi connectivity index (χ0v) is 9.47. The van der Waals surface area contributed by atoms with Crippen molar-refractivity contribution in [2.24, 2.45) is 0 Å². The van der Waals surface area contributed by atoms with Crippen molar-refractivity contribution in [2.45, 2.75) is 17.9 Å². The van der Waals surface area contributed by atoms with E-state index < -0.39 is 0 Å². The average molecular weight is 230 g/mol. The van der Waals surface area contributed by atoms with Crippen LogP contribution in [0.5, 0.6) is 11.8 Å². The number of aromatic nitrogens is 1. The van der Waals surface area contributed by atoms with Gasteiger partial charge in [-0.1, -0.05) is 0 Å². The largest absolute Gasteiger partial charge is 0.494 e. The smallest absolute Gasteiger partial charge is 0.221 e. The number of nitrogens with one attached hydrogen (secondary N) is 1. The Morgan fingerprint density at radius 2 is 2.27 bits per heavy atom. The number of rotatable bonds is 4. The third-order valence-corrected chi connectivity index (χ3v) is 2.81. The lowest BCUT2D eigenvalue weighted by Crippen LogP contribution is -2.19. The van der Waals surface area contributed by atoms with Crippen LogP contribution in [0, 0.1) is 0 Å². The first-order chi connectivity index (χ1) is 7.10. The molecule has 5 nitrogen and oxygen atoms in total. The van der Waals surface area contributed by atoms with E-state index in [4.69, 9.17) is 0 Å². The van der Waals surface area contributed by atoms with E-state index in [1.165, 1.54) is 22.4 Å². The summed E-state index contributed by atoms with van der Waals surface area (Å²) >= 11 is 1.34. The SMILES string of the molecule is CNC(=O)CCn1c(O)cc(SC)c1O. The number of carbonyl (C=O) groups is 1. The Labute approximate surface area is 92.1 Å². The van der Waals surface area contributed by atoms with Gasteiger partial charge in [-0.25, -0.2) is 0 Å². The standard InChI is InChI=1S/C9H14N2O3S/c1-10-7(12)3-4-11-8(13)5-6(15-2)9(11)14/h5,13-14H,3-4H2,1-2H3,(H,10,12). The quantitative estimate of drug-likeness (QED) is 0.667. The fourth-order valence-electron chi connectivity index (χ4n) is 1.21. The zero-order chi connectivity index (χ0) is 11.4. The molecule has 1 aromatic heterocycles.